The molecule has 7 heteroatoms. The van der Waals surface area contributed by atoms with Gasteiger partial charge >= 0.3 is 12.0 Å². The molecule has 27 heavy (non-hydrogen) atoms. The van der Waals surface area contributed by atoms with Gasteiger partial charge < -0.3 is 15.5 Å². The molecule has 2 aliphatic rings. The molecule has 1 saturated carbocycles. The molecule has 0 spiro atoms. The molecule has 1 atom stereocenters. The van der Waals surface area contributed by atoms with Crippen LogP contribution in [0, 0.1) is 5.92 Å². The van der Waals surface area contributed by atoms with Crippen LogP contribution in [0.25, 0.3) is 0 Å². The highest BCUT2D eigenvalue weighted by atomic mass is 35.5. The second-order valence-corrected chi connectivity index (χ2v) is 8.50. The summed E-state index contributed by atoms with van der Waals surface area (Å²) in [5.41, 5.74) is -0.651. The highest BCUT2D eigenvalue weighted by molar-refractivity contribution is 6.30. The van der Waals surface area contributed by atoms with Gasteiger partial charge in [0.05, 0.1) is 5.60 Å². The van der Waals surface area contributed by atoms with E-state index < -0.39 is 28.0 Å². The van der Waals surface area contributed by atoms with Crippen LogP contribution in [0.4, 0.5) is 4.79 Å². The third kappa shape index (κ3) is 3.90. The van der Waals surface area contributed by atoms with E-state index in [-0.39, 0.29) is 13.1 Å². The molecule has 1 aliphatic carbocycles. The fraction of sp³-hybridized carbons (Fsp3) is 0.600. The van der Waals surface area contributed by atoms with E-state index >= 15 is 0 Å². The van der Waals surface area contributed by atoms with Crippen molar-refractivity contribution in [1.82, 2.24) is 5.32 Å². The van der Waals surface area contributed by atoms with Gasteiger partial charge in [-0.15, -0.1) is 0 Å². The second-order valence-electron chi connectivity index (χ2n) is 8.06. The largest absolute Gasteiger partial charge is 0.521 e. The molecule has 1 aromatic rings. The van der Waals surface area contributed by atoms with Gasteiger partial charge in [0.15, 0.2) is 0 Å². The quantitative estimate of drug-likeness (QED) is 0.685. The Bertz CT molecular complexity index is 710. The highest BCUT2D eigenvalue weighted by Crippen LogP contribution is 2.44. The van der Waals surface area contributed by atoms with Crippen molar-refractivity contribution in [1.29, 1.82) is 0 Å². The van der Waals surface area contributed by atoms with Gasteiger partial charge in [0.2, 0.25) is 0 Å². The van der Waals surface area contributed by atoms with Crippen molar-refractivity contribution in [2.45, 2.75) is 44.1 Å². The monoisotopic (exact) mass is 395 g/mol. The molecule has 1 aliphatic heterocycles. The van der Waals surface area contributed by atoms with Crippen molar-refractivity contribution in [3.63, 3.8) is 0 Å². The molecule has 148 valence electrons. The minimum absolute atomic E-state index is 0.178. The predicted octanol–water partition coefficient (Wildman–Crippen LogP) is 2.99. The minimum Gasteiger partial charge on any atom is -0.435 e. The molecule has 0 bridgehead atoms. The van der Waals surface area contributed by atoms with E-state index in [9.17, 15) is 19.8 Å². The number of benzene rings is 1. The number of quaternary nitrogens is 1. The number of hydrogen-bond donors (Lipinski definition) is 3. The Morgan fingerprint density at radius 2 is 1.89 bits per heavy atom. The van der Waals surface area contributed by atoms with Crippen LogP contribution in [0.5, 0.6) is 0 Å². The predicted molar refractivity (Wildman–Crippen MR) is 103 cm³/mol. The summed E-state index contributed by atoms with van der Waals surface area (Å²) >= 11 is 6.16. The van der Waals surface area contributed by atoms with Crippen LogP contribution in [0.1, 0.15) is 44.1 Å². The van der Waals surface area contributed by atoms with Gasteiger partial charge in [-0.2, -0.15) is 9.28 Å². The van der Waals surface area contributed by atoms with Crippen molar-refractivity contribution >= 4 is 23.6 Å². The average Bonchev–Trinajstić information content (AvgIpc) is 2.65. The zero-order valence-electron chi connectivity index (χ0n) is 15.7. The molecule has 0 radical (unpaired) electrons. The average molecular weight is 396 g/mol. The molecule has 6 nitrogen and oxygen atoms in total. The highest BCUT2D eigenvalue weighted by Gasteiger charge is 2.56. The third-order valence-electron chi connectivity index (χ3n) is 6.24. The van der Waals surface area contributed by atoms with Crippen LogP contribution in [-0.4, -0.2) is 58.5 Å². The maximum absolute atomic E-state index is 13.7. The van der Waals surface area contributed by atoms with Crippen molar-refractivity contribution in [2.24, 2.45) is 5.92 Å². The molecular formula is C20H28ClN2O4+. The van der Waals surface area contributed by atoms with Crippen LogP contribution in [-0.2, 0) is 4.79 Å². The number of hydrogen-bond acceptors (Lipinski definition) is 4. The Kier molecular flexibility index (Phi) is 5.91. The fourth-order valence-corrected chi connectivity index (χ4v) is 4.65. The van der Waals surface area contributed by atoms with Crippen molar-refractivity contribution in [3.8, 4) is 0 Å². The lowest BCUT2D eigenvalue weighted by Gasteiger charge is -2.43. The summed E-state index contributed by atoms with van der Waals surface area (Å²) in [6.45, 7) is 3.40. The van der Waals surface area contributed by atoms with Crippen molar-refractivity contribution < 1.29 is 24.3 Å². The first kappa shape index (κ1) is 20.3. The SMILES string of the molecule is CC1CCC(O)(C(C(=O)[N+]2(C(=O)O)CCNCC2)c2cccc(Cl)c2)CC1. The normalized spacial score (nSPS) is 29.1. The number of amides is 2. The lowest BCUT2D eigenvalue weighted by molar-refractivity contribution is -0.785. The van der Waals surface area contributed by atoms with Gasteiger partial charge in [-0.3, -0.25) is 0 Å². The molecule has 1 unspecified atom stereocenters. The Balaban J connectivity index is 2.06. The number of nitrogens with one attached hydrogen (secondary N) is 1. The lowest BCUT2D eigenvalue weighted by atomic mass is 9.69. The van der Waals surface area contributed by atoms with Crippen LogP contribution < -0.4 is 5.32 Å². The zero-order chi connectivity index (χ0) is 19.7. The number of carboxylic acid groups (broad SMARTS) is 1. The summed E-state index contributed by atoms with van der Waals surface area (Å²) in [5, 5.41) is 25.0. The minimum atomic E-state index is -1.25. The van der Waals surface area contributed by atoms with Crippen LogP contribution in [0.15, 0.2) is 24.3 Å². The van der Waals surface area contributed by atoms with E-state index in [1.165, 1.54) is 0 Å². The second kappa shape index (κ2) is 7.87. The summed E-state index contributed by atoms with van der Waals surface area (Å²) < 4.78 is -0.651. The van der Waals surface area contributed by atoms with Gasteiger partial charge in [-0.1, -0.05) is 30.7 Å². The lowest BCUT2D eigenvalue weighted by Crippen LogP contribution is -2.67. The van der Waals surface area contributed by atoms with Gasteiger partial charge in [0, 0.05) is 18.1 Å². The molecule has 3 rings (SSSR count). The first-order valence-corrected chi connectivity index (χ1v) is 10.00. The molecule has 0 aromatic heterocycles. The van der Waals surface area contributed by atoms with Crippen molar-refractivity contribution in [2.75, 3.05) is 26.2 Å². The number of rotatable bonds is 3. The summed E-state index contributed by atoms with van der Waals surface area (Å²) in [6, 6.07) is 6.91. The number of aliphatic hydroxyl groups is 1. The van der Waals surface area contributed by atoms with Crippen molar-refractivity contribution in [3.05, 3.63) is 34.9 Å². The molecule has 2 amide bonds. The number of nitrogens with zero attached hydrogens (tertiary/aromatic N) is 1. The molecule has 1 aromatic carbocycles. The molecule has 1 heterocycles. The summed E-state index contributed by atoms with van der Waals surface area (Å²) in [5.74, 6) is -0.858. The number of carbonyl (C=O) groups is 2. The van der Waals surface area contributed by atoms with Gasteiger partial charge in [-0.05, 0) is 49.3 Å². The molecule has 3 N–H and O–H groups in total. The maximum Gasteiger partial charge on any atom is 0.521 e. The van der Waals surface area contributed by atoms with Crippen LogP contribution in [0.2, 0.25) is 5.02 Å². The summed E-state index contributed by atoms with van der Waals surface area (Å²) in [4.78, 5) is 25.9. The topological polar surface area (TPSA) is 86.6 Å². The van der Waals surface area contributed by atoms with E-state index in [0.29, 0.717) is 42.4 Å². The van der Waals surface area contributed by atoms with Gasteiger partial charge in [-0.25, -0.2) is 4.79 Å². The maximum atomic E-state index is 13.7. The van der Waals surface area contributed by atoms with E-state index in [2.05, 4.69) is 12.2 Å². The number of halogens is 1. The van der Waals surface area contributed by atoms with Gasteiger partial charge in [0.1, 0.15) is 19.0 Å². The van der Waals surface area contributed by atoms with E-state index in [1.807, 2.05) is 0 Å². The van der Waals surface area contributed by atoms with Crippen LogP contribution >= 0.6 is 11.6 Å². The van der Waals surface area contributed by atoms with E-state index in [4.69, 9.17) is 11.6 Å². The molecular weight excluding hydrogens is 368 g/mol. The number of carbonyl (C=O) groups excluding carboxylic acids is 1. The number of piperazine rings is 1. The fourth-order valence-electron chi connectivity index (χ4n) is 4.45. The Morgan fingerprint density at radius 1 is 1.26 bits per heavy atom. The molecule has 2 fully saturated rings. The third-order valence-corrected chi connectivity index (χ3v) is 6.47. The van der Waals surface area contributed by atoms with E-state index in [0.717, 1.165) is 12.8 Å². The smallest absolute Gasteiger partial charge is 0.435 e. The van der Waals surface area contributed by atoms with Crippen LogP contribution in [0.3, 0.4) is 0 Å². The Labute approximate surface area is 164 Å². The standard InChI is InChI=1S/C20H27ClN2O4/c1-14-5-7-20(27,8-6-14)17(15-3-2-4-16(21)13-15)18(24)23(19(25)26)11-9-22-10-12-23/h2-4,13-14,17,22,27H,5-12H2,1H3/p+1. The Hall–Kier alpha value is -1.47. The number of imide groups is 1. The summed E-state index contributed by atoms with van der Waals surface area (Å²) in [7, 11) is 0. The zero-order valence-corrected chi connectivity index (χ0v) is 16.4. The summed E-state index contributed by atoms with van der Waals surface area (Å²) in [6.07, 6.45) is 1.44. The first-order chi connectivity index (χ1) is 12.8. The molecule has 1 saturated heterocycles. The first-order valence-electron chi connectivity index (χ1n) is 9.62. The van der Waals surface area contributed by atoms with E-state index in [1.54, 1.807) is 24.3 Å². The Morgan fingerprint density at radius 3 is 2.44 bits per heavy atom. The van der Waals surface area contributed by atoms with Gasteiger partial charge in [0.25, 0.3) is 0 Å².